The van der Waals surface area contributed by atoms with Gasteiger partial charge >= 0.3 is 5.97 Å². The molecule has 1 N–H and O–H groups in total. The van der Waals surface area contributed by atoms with E-state index < -0.39 is 5.97 Å². The molecule has 94 valence electrons. The summed E-state index contributed by atoms with van der Waals surface area (Å²) >= 11 is 0. The van der Waals surface area contributed by atoms with Crippen LogP contribution in [0.4, 0.5) is 0 Å². The fourth-order valence-electron chi connectivity index (χ4n) is 1.39. The molecule has 17 heavy (non-hydrogen) atoms. The zero-order valence-electron chi connectivity index (χ0n) is 10.2. The van der Waals surface area contributed by atoms with Crippen LogP contribution in [0, 0.1) is 5.92 Å². The van der Waals surface area contributed by atoms with Crippen molar-refractivity contribution < 1.29 is 9.90 Å². The van der Waals surface area contributed by atoms with Crippen molar-refractivity contribution in [2.45, 2.75) is 31.6 Å². The lowest BCUT2D eigenvalue weighted by Crippen LogP contribution is -1.94. The number of carboxylic acids is 1. The molecule has 0 aliphatic heterocycles. The predicted molar refractivity (Wildman–Crippen MR) is 75.6 cm³/mol. The van der Waals surface area contributed by atoms with Crippen LogP contribution in [0.1, 0.15) is 25.8 Å². The Hall–Kier alpha value is -0.610. The summed E-state index contributed by atoms with van der Waals surface area (Å²) in [5.41, 5.74) is 1.36. The summed E-state index contributed by atoms with van der Waals surface area (Å²) in [5, 5.41) is 8.51. The number of aliphatic carboxylic acids is 1. The molecule has 0 aliphatic rings. The Balaban J connectivity index is 2.32. The molecule has 0 bridgehead atoms. The average molecular weight is 270 g/mol. The van der Waals surface area contributed by atoms with E-state index in [-0.39, 0.29) is 6.42 Å². The summed E-state index contributed by atoms with van der Waals surface area (Å²) in [7, 11) is 3.23. The molecule has 0 fully saturated rings. The Morgan fingerprint density at radius 3 is 2.47 bits per heavy atom. The maximum atomic E-state index is 10.3. The molecule has 0 saturated carbocycles. The lowest BCUT2D eigenvalue weighted by Gasteiger charge is -2.05. The summed E-state index contributed by atoms with van der Waals surface area (Å²) in [4.78, 5) is 11.5. The van der Waals surface area contributed by atoms with Crippen LogP contribution in [0.15, 0.2) is 29.2 Å². The molecule has 2 nitrogen and oxygen atoms in total. The first-order chi connectivity index (χ1) is 8.08. The third-order valence-corrected chi connectivity index (χ3v) is 4.51. The van der Waals surface area contributed by atoms with Gasteiger partial charge < -0.3 is 5.11 Å². The number of rotatable bonds is 7. The number of benzene rings is 1. The van der Waals surface area contributed by atoms with Crippen molar-refractivity contribution in [2.24, 2.45) is 5.92 Å². The molecule has 1 aromatic rings. The normalized spacial score (nSPS) is 10.8. The number of carboxylic acid groups (broad SMARTS) is 1. The second kappa shape index (κ2) is 7.67. The van der Waals surface area contributed by atoms with Crippen molar-refractivity contribution in [3.8, 4) is 0 Å². The van der Waals surface area contributed by atoms with E-state index in [2.05, 4.69) is 38.1 Å². The van der Waals surface area contributed by atoms with Crippen molar-refractivity contribution >= 4 is 27.6 Å². The van der Waals surface area contributed by atoms with Gasteiger partial charge in [-0.1, -0.05) is 47.6 Å². The van der Waals surface area contributed by atoms with Crippen molar-refractivity contribution in [3.05, 3.63) is 29.8 Å². The monoisotopic (exact) mass is 270 g/mol. The van der Waals surface area contributed by atoms with Gasteiger partial charge in [-0.3, -0.25) is 4.79 Å². The van der Waals surface area contributed by atoms with Gasteiger partial charge in [0.2, 0.25) is 0 Å². The van der Waals surface area contributed by atoms with Crippen LogP contribution in [0.5, 0.6) is 0 Å². The van der Waals surface area contributed by atoms with Crippen LogP contribution < -0.4 is 0 Å². The van der Waals surface area contributed by atoms with Gasteiger partial charge in [-0.2, -0.15) is 0 Å². The van der Waals surface area contributed by atoms with Gasteiger partial charge in [-0.25, -0.2) is 0 Å². The van der Waals surface area contributed by atoms with E-state index in [9.17, 15) is 4.79 Å². The Morgan fingerprint density at radius 2 is 1.94 bits per heavy atom. The third-order valence-electron chi connectivity index (χ3n) is 2.12. The molecule has 0 radical (unpaired) electrons. The zero-order valence-corrected chi connectivity index (χ0v) is 11.8. The van der Waals surface area contributed by atoms with Crippen LogP contribution >= 0.6 is 21.6 Å². The summed E-state index contributed by atoms with van der Waals surface area (Å²) in [6.45, 7) is 4.43. The summed E-state index contributed by atoms with van der Waals surface area (Å²) in [6, 6.07) is 8.52. The van der Waals surface area contributed by atoms with Crippen LogP contribution in [0.25, 0.3) is 0 Å². The molecule has 0 heterocycles. The largest absolute Gasteiger partial charge is 0.481 e. The van der Waals surface area contributed by atoms with Gasteiger partial charge in [-0.05, 0) is 30.0 Å². The van der Waals surface area contributed by atoms with Crippen molar-refractivity contribution in [1.82, 2.24) is 0 Å². The van der Waals surface area contributed by atoms with Crippen LogP contribution in [-0.2, 0) is 11.2 Å². The first-order valence-corrected chi connectivity index (χ1v) is 8.00. The molecular formula is C13H18O2S2. The minimum atomic E-state index is -0.731. The first-order valence-electron chi connectivity index (χ1n) is 5.68. The summed E-state index contributed by atoms with van der Waals surface area (Å²) in [6.07, 6.45) is 1.33. The Labute approximate surface area is 111 Å². The van der Waals surface area contributed by atoms with Crippen LogP contribution in [0.2, 0.25) is 0 Å². The van der Waals surface area contributed by atoms with E-state index in [4.69, 9.17) is 5.11 Å². The molecule has 0 unspecified atom stereocenters. The predicted octanol–water partition coefficient (Wildman–Crippen LogP) is 4.10. The van der Waals surface area contributed by atoms with E-state index in [1.807, 2.05) is 0 Å². The smallest absolute Gasteiger partial charge is 0.304 e. The van der Waals surface area contributed by atoms with Crippen LogP contribution in [-0.4, -0.2) is 16.8 Å². The number of hydrogen-bond acceptors (Lipinski definition) is 3. The summed E-state index contributed by atoms with van der Waals surface area (Å²) < 4.78 is 0. The molecule has 4 heteroatoms. The van der Waals surface area contributed by atoms with Crippen LogP contribution in [0.3, 0.4) is 0 Å². The lowest BCUT2D eigenvalue weighted by molar-refractivity contribution is -0.136. The third kappa shape index (κ3) is 6.64. The molecule has 0 spiro atoms. The van der Waals surface area contributed by atoms with Gasteiger partial charge in [0.05, 0.1) is 6.42 Å². The fourth-order valence-corrected chi connectivity index (χ4v) is 3.36. The van der Waals surface area contributed by atoms with Gasteiger partial charge in [0, 0.05) is 10.6 Å². The van der Waals surface area contributed by atoms with Gasteiger partial charge in [0.1, 0.15) is 0 Å². The highest BCUT2D eigenvalue weighted by Gasteiger charge is 2.00. The van der Waals surface area contributed by atoms with E-state index in [0.717, 1.165) is 6.42 Å². The van der Waals surface area contributed by atoms with Gasteiger partial charge in [0.25, 0.3) is 0 Å². The lowest BCUT2D eigenvalue weighted by atomic mass is 10.0. The highest BCUT2D eigenvalue weighted by molar-refractivity contribution is 8.76. The zero-order chi connectivity index (χ0) is 12.7. The van der Waals surface area contributed by atoms with E-state index in [0.29, 0.717) is 11.7 Å². The maximum absolute atomic E-state index is 10.3. The standard InChI is InChI=1S/C13H18O2S2/c1-10(2)9-11-3-5-12(6-4-11)17-16-8-7-13(14)15/h3-6,10H,7-9H2,1-2H3,(H,14,15). The average Bonchev–Trinajstić information content (AvgIpc) is 2.25. The minimum absolute atomic E-state index is 0.225. The van der Waals surface area contributed by atoms with E-state index in [1.165, 1.54) is 10.5 Å². The fraction of sp³-hybridized carbons (Fsp3) is 0.462. The topological polar surface area (TPSA) is 37.3 Å². The molecular weight excluding hydrogens is 252 g/mol. The van der Waals surface area contributed by atoms with Gasteiger partial charge in [0.15, 0.2) is 0 Å². The van der Waals surface area contributed by atoms with Crippen molar-refractivity contribution in [1.29, 1.82) is 0 Å². The molecule has 0 amide bonds. The van der Waals surface area contributed by atoms with Crippen molar-refractivity contribution in [3.63, 3.8) is 0 Å². The quantitative estimate of drug-likeness (QED) is 0.598. The van der Waals surface area contributed by atoms with Gasteiger partial charge in [-0.15, -0.1) is 0 Å². The number of carbonyl (C=O) groups is 1. The molecule has 0 atom stereocenters. The molecule has 0 aliphatic carbocycles. The maximum Gasteiger partial charge on any atom is 0.304 e. The second-order valence-corrected chi connectivity index (χ2v) is 6.78. The van der Waals surface area contributed by atoms with E-state index >= 15 is 0 Å². The Morgan fingerprint density at radius 1 is 1.29 bits per heavy atom. The molecule has 1 aromatic carbocycles. The Kier molecular flexibility index (Phi) is 6.52. The minimum Gasteiger partial charge on any atom is -0.481 e. The second-order valence-electron chi connectivity index (χ2n) is 4.29. The highest BCUT2D eigenvalue weighted by Crippen LogP contribution is 2.31. The molecule has 0 saturated heterocycles. The number of hydrogen-bond donors (Lipinski definition) is 1. The SMILES string of the molecule is CC(C)Cc1ccc(SSCCC(=O)O)cc1. The molecule has 1 rings (SSSR count). The first kappa shape index (κ1) is 14.5. The summed E-state index contributed by atoms with van der Waals surface area (Å²) in [5.74, 6) is 0.595. The van der Waals surface area contributed by atoms with E-state index in [1.54, 1.807) is 21.6 Å². The Bertz CT molecular complexity index is 347. The van der Waals surface area contributed by atoms with Crippen molar-refractivity contribution in [2.75, 3.05) is 5.75 Å². The molecule has 0 aromatic heterocycles. The highest BCUT2D eigenvalue weighted by atomic mass is 33.1.